The van der Waals surface area contributed by atoms with Crippen molar-refractivity contribution >= 4 is 44.9 Å². The summed E-state index contributed by atoms with van der Waals surface area (Å²) in [5.41, 5.74) is 2.90. The average Bonchev–Trinajstić information content (AvgIpc) is 2.98. The minimum absolute atomic E-state index is 0.123. The molecule has 0 radical (unpaired) electrons. The number of aryl methyl sites for hydroxylation is 1. The van der Waals surface area contributed by atoms with Gasteiger partial charge in [-0.1, -0.05) is 6.42 Å². The molecule has 0 spiro atoms. The maximum atomic E-state index is 13.1. The molecule has 0 bridgehead atoms. The van der Waals surface area contributed by atoms with Gasteiger partial charge in [0, 0.05) is 35.1 Å². The molecule has 1 amide bonds. The van der Waals surface area contributed by atoms with E-state index in [9.17, 15) is 9.59 Å². The second-order valence-corrected chi connectivity index (χ2v) is 9.20. The number of amides is 1. The van der Waals surface area contributed by atoms with Crippen LogP contribution < -0.4 is 15.8 Å². The number of carbonyl (C=O) groups is 2. The number of hydrogen-bond donors (Lipinski definition) is 2. The van der Waals surface area contributed by atoms with Crippen LogP contribution in [-0.2, 0) is 17.6 Å². The molecular weight excluding hydrogens is 438 g/mol. The molecule has 2 heterocycles. The van der Waals surface area contributed by atoms with E-state index in [-0.39, 0.29) is 11.1 Å². The largest absolute Gasteiger partial charge is 0.465 e. The highest BCUT2D eigenvalue weighted by Gasteiger charge is 2.27. The molecule has 1 aliphatic carbocycles. The fourth-order valence-corrected chi connectivity index (χ4v) is 5.66. The SMILES string of the molecule is CCN(CC)c1ccc2cc(C(=O)Nc3sc4c(c3C(=O)OC)CCCCC4)c(=N)oc2c1. The van der Waals surface area contributed by atoms with Gasteiger partial charge in [-0.25, -0.2) is 4.79 Å². The average molecular weight is 468 g/mol. The van der Waals surface area contributed by atoms with Crippen LogP contribution in [0.1, 0.15) is 64.3 Å². The zero-order chi connectivity index (χ0) is 23.5. The first-order valence-electron chi connectivity index (χ1n) is 11.4. The van der Waals surface area contributed by atoms with Gasteiger partial charge in [-0.15, -0.1) is 11.3 Å². The van der Waals surface area contributed by atoms with E-state index in [1.165, 1.54) is 18.4 Å². The molecule has 4 rings (SSSR count). The van der Waals surface area contributed by atoms with E-state index >= 15 is 0 Å². The zero-order valence-corrected chi connectivity index (χ0v) is 20.1. The van der Waals surface area contributed by atoms with Crippen molar-refractivity contribution in [1.82, 2.24) is 0 Å². The third-order valence-corrected chi connectivity index (χ3v) is 7.37. The van der Waals surface area contributed by atoms with Crippen molar-refractivity contribution in [3.8, 4) is 0 Å². The van der Waals surface area contributed by atoms with Gasteiger partial charge >= 0.3 is 5.97 Å². The third-order valence-electron chi connectivity index (χ3n) is 6.16. The van der Waals surface area contributed by atoms with E-state index < -0.39 is 11.9 Å². The number of thiophene rings is 1. The number of rotatable bonds is 6. The van der Waals surface area contributed by atoms with Crippen LogP contribution in [0.15, 0.2) is 28.7 Å². The summed E-state index contributed by atoms with van der Waals surface area (Å²) >= 11 is 1.43. The van der Waals surface area contributed by atoms with Crippen LogP contribution in [0.4, 0.5) is 10.7 Å². The van der Waals surface area contributed by atoms with E-state index in [0.29, 0.717) is 16.1 Å². The number of fused-ring (bicyclic) bond motifs is 2. The molecule has 0 aliphatic heterocycles. The van der Waals surface area contributed by atoms with Crippen molar-refractivity contribution in [3.05, 3.63) is 51.4 Å². The molecule has 7 nitrogen and oxygen atoms in total. The first kappa shape index (κ1) is 23.0. The standard InChI is InChI=1S/C25H29N3O4S/c1-4-28(5-2)16-12-11-15-13-18(22(26)32-19(15)14-16)23(29)27-24-21(25(30)31-3)17-9-7-6-8-10-20(17)33-24/h11-14,26H,4-10H2,1-3H3,(H,27,29). The molecule has 0 atom stereocenters. The quantitative estimate of drug-likeness (QED) is 0.387. The summed E-state index contributed by atoms with van der Waals surface area (Å²) in [7, 11) is 1.35. The minimum atomic E-state index is -0.472. The Kier molecular flexibility index (Phi) is 6.83. The van der Waals surface area contributed by atoms with E-state index in [4.69, 9.17) is 14.6 Å². The van der Waals surface area contributed by atoms with Crippen LogP contribution in [0.25, 0.3) is 11.0 Å². The Morgan fingerprint density at radius 2 is 1.91 bits per heavy atom. The molecule has 3 aromatic rings. The monoisotopic (exact) mass is 467 g/mol. The van der Waals surface area contributed by atoms with Crippen LogP contribution in [0.3, 0.4) is 0 Å². The summed E-state index contributed by atoms with van der Waals surface area (Å²) in [4.78, 5) is 29.0. The molecule has 8 heteroatoms. The predicted molar refractivity (Wildman–Crippen MR) is 131 cm³/mol. The Balaban J connectivity index is 1.68. The van der Waals surface area contributed by atoms with Gasteiger partial charge in [-0.3, -0.25) is 10.2 Å². The van der Waals surface area contributed by atoms with E-state index in [1.54, 1.807) is 6.07 Å². The van der Waals surface area contributed by atoms with Gasteiger partial charge in [0.15, 0.2) is 0 Å². The highest BCUT2D eigenvalue weighted by atomic mass is 32.1. The maximum absolute atomic E-state index is 13.1. The molecule has 1 aromatic carbocycles. The van der Waals surface area contributed by atoms with Crippen LogP contribution in [0.2, 0.25) is 0 Å². The topological polar surface area (TPSA) is 95.6 Å². The fourth-order valence-electron chi connectivity index (χ4n) is 4.39. The normalized spacial score (nSPS) is 13.3. The summed E-state index contributed by atoms with van der Waals surface area (Å²) in [5.74, 6) is -0.914. The van der Waals surface area contributed by atoms with Crippen molar-refractivity contribution < 1.29 is 18.7 Å². The lowest BCUT2D eigenvalue weighted by molar-refractivity contribution is 0.0601. The molecule has 2 N–H and O–H groups in total. The van der Waals surface area contributed by atoms with Crippen LogP contribution in [0.5, 0.6) is 0 Å². The van der Waals surface area contributed by atoms with E-state index in [2.05, 4.69) is 24.1 Å². The van der Waals surface area contributed by atoms with Gasteiger partial charge in [0.2, 0.25) is 5.55 Å². The van der Waals surface area contributed by atoms with Gasteiger partial charge in [-0.05, 0) is 63.3 Å². The number of methoxy groups -OCH3 is 1. The van der Waals surface area contributed by atoms with Crippen molar-refractivity contribution in [3.63, 3.8) is 0 Å². The van der Waals surface area contributed by atoms with Gasteiger partial charge < -0.3 is 19.4 Å². The summed E-state index contributed by atoms with van der Waals surface area (Å²) in [6.07, 6.45) is 4.90. The Morgan fingerprint density at radius 1 is 1.15 bits per heavy atom. The summed E-state index contributed by atoms with van der Waals surface area (Å²) in [6.45, 7) is 5.90. The fraction of sp³-hybridized carbons (Fsp3) is 0.400. The number of benzene rings is 1. The van der Waals surface area contributed by atoms with Crippen LogP contribution >= 0.6 is 11.3 Å². The molecule has 2 aromatic heterocycles. The number of carbonyl (C=O) groups excluding carboxylic acids is 2. The minimum Gasteiger partial charge on any atom is -0.465 e. The van der Waals surface area contributed by atoms with Gasteiger partial charge in [0.05, 0.1) is 12.7 Å². The summed E-state index contributed by atoms with van der Waals surface area (Å²) < 4.78 is 10.7. The first-order valence-corrected chi connectivity index (χ1v) is 12.2. The van der Waals surface area contributed by atoms with Gasteiger partial charge in [0.25, 0.3) is 5.91 Å². The Hall–Kier alpha value is -3.13. The Labute approximate surface area is 196 Å². The molecule has 1 aliphatic rings. The lowest BCUT2D eigenvalue weighted by Crippen LogP contribution is -2.22. The molecular formula is C25H29N3O4S. The van der Waals surface area contributed by atoms with Crippen molar-refractivity contribution in [2.45, 2.75) is 46.0 Å². The number of anilines is 2. The number of ether oxygens (including phenoxy) is 1. The maximum Gasteiger partial charge on any atom is 0.341 e. The van der Waals surface area contributed by atoms with Gasteiger partial charge in [-0.2, -0.15) is 0 Å². The lowest BCUT2D eigenvalue weighted by atomic mass is 10.1. The molecule has 33 heavy (non-hydrogen) atoms. The molecule has 174 valence electrons. The van der Waals surface area contributed by atoms with Crippen LogP contribution in [-0.4, -0.2) is 32.1 Å². The molecule has 0 saturated carbocycles. The molecule has 0 saturated heterocycles. The smallest absolute Gasteiger partial charge is 0.341 e. The van der Waals surface area contributed by atoms with Gasteiger partial charge in [0.1, 0.15) is 16.1 Å². The number of nitrogens with zero attached hydrogens (tertiary/aromatic N) is 1. The zero-order valence-electron chi connectivity index (χ0n) is 19.2. The van der Waals surface area contributed by atoms with Crippen LogP contribution in [0, 0.1) is 5.41 Å². The number of hydrogen-bond acceptors (Lipinski definition) is 7. The second kappa shape index (κ2) is 9.79. The molecule has 0 unspecified atom stereocenters. The number of nitrogens with one attached hydrogen (secondary N) is 2. The van der Waals surface area contributed by atoms with Crippen molar-refractivity contribution in [1.29, 1.82) is 5.41 Å². The van der Waals surface area contributed by atoms with Crippen molar-refractivity contribution in [2.24, 2.45) is 0 Å². The highest BCUT2D eigenvalue weighted by Crippen LogP contribution is 2.38. The lowest BCUT2D eigenvalue weighted by Gasteiger charge is -2.21. The summed E-state index contributed by atoms with van der Waals surface area (Å²) in [6, 6.07) is 7.45. The Morgan fingerprint density at radius 3 is 2.64 bits per heavy atom. The second-order valence-electron chi connectivity index (χ2n) is 8.10. The van der Waals surface area contributed by atoms with Crippen molar-refractivity contribution in [2.75, 3.05) is 30.4 Å². The van der Waals surface area contributed by atoms with E-state index in [1.807, 2.05) is 18.2 Å². The summed E-state index contributed by atoms with van der Waals surface area (Å²) in [5, 5.41) is 12.4. The Bertz CT molecular complexity index is 1260. The number of esters is 1. The molecule has 0 fully saturated rings. The highest BCUT2D eigenvalue weighted by molar-refractivity contribution is 7.17. The predicted octanol–water partition coefficient (Wildman–Crippen LogP) is 5.13. The van der Waals surface area contributed by atoms with E-state index in [0.717, 1.165) is 66.7 Å². The first-order chi connectivity index (χ1) is 16.0. The third kappa shape index (κ3) is 4.53.